The summed E-state index contributed by atoms with van der Waals surface area (Å²) in [5.74, 6) is -1.24. The monoisotopic (exact) mass is 227 g/mol. The van der Waals surface area contributed by atoms with E-state index in [9.17, 15) is 9.59 Å². The van der Waals surface area contributed by atoms with Gasteiger partial charge in [-0.25, -0.2) is 10.2 Å². The van der Waals surface area contributed by atoms with Crippen molar-refractivity contribution in [1.29, 1.82) is 0 Å². The highest BCUT2D eigenvalue weighted by Gasteiger charge is 2.00. The highest BCUT2D eigenvalue weighted by atomic mass is 16.4. The third-order valence-electron chi connectivity index (χ3n) is 1.80. The normalized spacial score (nSPS) is 12.4. The molecule has 0 saturated carbocycles. The smallest absolute Gasteiger partial charge is 0.328 e. The predicted molar refractivity (Wildman–Crippen MR) is 60.9 cm³/mol. The molecule has 0 unspecified atom stereocenters. The second-order valence-corrected chi connectivity index (χ2v) is 3.36. The van der Waals surface area contributed by atoms with E-state index in [4.69, 9.17) is 10.8 Å². The molecular weight excluding hydrogens is 210 g/mol. The molecule has 1 amide bonds. The molecule has 16 heavy (non-hydrogen) atoms. The summed E-state index contributed by atoms with van der Waals surface area (Å²) in [6.07, 6.45) is 2.19. The van der Waals surface area contributed by atoms with Gasteiger partial charge in [-0.3, -0.25) is 4.79 Å². The molecule has 0 aliphatic heterocycles. The molecule has 90 valence electrons. The maximum atomic E-state index is 10.6. The lowest BCUT2D eigenvalue weighted by Gasteiger charge is -2.03. The van der Waals surface area contributed by atoms with Crippen molar-refractivity contribution in [1.82, 2.24) is 5.43 Å². The van der Waals surface area contributed by atoms with Crippen molar-refractivity contribution < 1.29 is 14.7 Å². The van der Waals surface area contributed by atoms with Crippen molar-refractivity contribution in [2.45, 2.75) is 26.7 Å². The van der Waals surface area contributed by atoms with Gasteiger partial charge in [0.1, 0.15) is 0 Å². The van der Waals surface area contributed by atoms with Crippen molar-refractivity contribution in [2.24, 2.45) is 10.8 Å². The lowest BCUT2D eigenvalue weighted by atomic mass is 10.1. The van der Waals surface area contributed by atoms with Gasteiger partial charge in [0.05, 0.1) is 0 Å². The van der Waals surface area contributed by atoms with E-state index in [1.165, 1.54) is 6.92 Å². The number of hydrogen-bond acceptors (Lipinski definition) is 4. The van der Waals surface area contributed by atoms with E-state index in [0.29, 0.717) is 18.4 Å². The van der Waals surface area contributed by atoms with Crippen LogP contribution in [-0.2, 0) is 9.59 Å². The van der Waals surface area contributed by atoms with Crippen LogP contribution in [0.2, 0.25) is 0 Å². The molecule has 0 spiro atoms. The van der Waals surface area contributed by atoms with Crippen LogP contribution in [0.1, 0.15) is 26.7 Å². The van der Waals surface area contributed by atoms with E-state index < -0.39 is 5.97 Å². The van der Waals surface area contributed by atoms with Crippen LogP contribution in [0.15, 0.2) is 16.8 Å². The summed E-state index contributed by atoms with van der Waals surface area (Å²) in [6.45, 7) is 3.33. The molecule has 0 saturated heterocycles. The predicted octanol–water partition coefficient (Wildman–Crippen LogP) is 0.248. The second-order valence-electron chi connectivity index (χ2n) is 3.36. The molecule has 4 N–H and O–H groups in total. The minimum atomic E-state index is -1.00. The van der Waals surface area contributed by atoms with Gasteiger partial charge in [-0.15, -0.1) is 0 Å². The van der Waals surface area contributed by atoms with Crippen molar-refractivity contribution in [2.75, 3.05) is 6.54 Å². The fourth-order valence-electron chi connectivity index (χ4n) is 0.979. The molecule has 0 atom stereocenters. The topological polar surface area (TPSA) is 105 Å². The van der Waals surface area contributed by atoms with E-state index >= 15 is 0 Å². The summed E-state index contributed by atoms with van der Waals surface area (Å²) in [5, 5.41) is 12.3. The Morgan fingerprint density at radius 1 is 1.38 bits per heavy atom. The second kappa shape index (κ2) is 7.58. The Bertz CT molecular complexity index is 321. The molecule has 0 bridgehead atoms. The maximum absolute atomic E-state index is 10.6. The van der Waals surface area contributed by atoms with Crippen LogP contribution < -0.4 is 11.2 Å². The van der Waals surface area contributed by atoms with Crippen molar-refractivity contribution in [3.05, 3.63) is 11.6 Å². The summed E-state index contributed by atoms with van der Waals surface area (Å²) < 4.78 is 0. The number of hydrazone groups is 1. The first-order valence-electron chi connectivity index (χ1n) is 4.88. The van der Waals surface area contributed by atoms with Crippen LogP contribution in [0.3, 0.4) is 0 Å². The lowest BCUT2D eigenvalue weighted by Crippen LogP contribution is -2.15. The van der Waals surface area contributed by atoms with Crippen molar-refractivity contribution in [3.63, 3.8) is 0 Å². The third-order valence-corrected chi connectivity index (χ3v) is 1.80. The molecule has 6 nitrogen and oxygen atoms in total. The number of nitrogens with one attached hydrogen (secondary N) is 1. The summed E-state index contributed by atoms with van der Waals surface area (Å²) in [5.41, 5.74) is 9.06. The van der Waals surface area contributed by atoms with E-state index in [0.717, 1.165) is 11.8 Å². The Kier molecular flexibility index (Phi) is 6.78. The van der Waals surface area contributed by atoms with Gasteiger partial charge in [0.25, 0.3) is 0 Å². The van der Waals surface area contributed by atoms with Gasteiger partial charge in [0.2, 0.25) is 5.91 Å². The van der Waals surface area contributed by atoms with Gasteiger partial charge in [0.15, 0.2) is 0 Å². The summed E-state index contributed by atoms with van der Waals surface area (Å²) in [6, 6.07) is 0. The van der Waals surface area contributed by atoms with E-state index in [2.05, 4.69) is 10.5 Å². The fraction of sp³-hybridized carbons (Fsp3) is 0.500. The number of nitrogens with two attached hydrogens (primary N) is 1. The van der Waals surface area contributed by atoms with Crippen LogP contribution in [0.25, 0.3) is 0 Å². The minimum absolute atomic E-state index is 0.208. The van der Waals surface area contributed by atoms with Crippen LogP contribution in [0.5, 0.6) is 0 Å². The third kappa shape index (κ3) is 7.69. The Morgan fingerprint density at radius 3 is 2.44 bits per heavy atom. The van der Waals surface area contributed by atoms with Crippen LogP contribution >= 0.6 is 0 Å². The summed E-state index contributed by atoms with van der Waals surface area (Å²) in [7, 11) is 0. The molecule has 0 aromatic rings. The van der Waals surface area contributed by atoms with E-state index in [-0.39, 0.29) is 12.5 Å². The molecule has 0 aromatic heterocycles. The molecule has 6 heteroatoms. The highest BCUT2D eigenvalue weighted by Crippen LogP contribution is 2.04. The average Bonchev–Trinajstić information content (AvgIpc) is 2.20. The number of carboxylic acid groups (broad SMARTS) is 1. The van der Waals surface area contributed by atoms with Gasteiger partial charge in [0, 0.05) is 25.3 Å². The number of aliphatic carboxylic acids is 1. The fourth-order valence-corrected chi connectivity index (χ4v) is 0.979. The summed E-state index contributed by atoms with van der Waals surface area (Å²) in [4.78, 5) is 21.0. The molecule has 0 heterocycles. The molecular formula is C10H17N3O3. The molecule has 0 aliphatic carbocycles. The molecule has 0 aromatic carbocycles. The number of carbonyl (C=O) groups excluding carboxylic acids is 1. The largest absolute Gasteiger partial charge is 0.478 e. The summed E-state index contributed by atoms with van der Waals surface area (Å²) >= 11 is 0. The van der Waals surface area contributed by atoms with Gasteiger partial charge in [-0.05, 0) is 25.3 Å². The lowest BCUT2D eigenvalue weighted by molar-refractivity contribution is -0.131. The number of nitrogens with zero attached hydrogens (tertiary/aromatic N) is 1. The zero-order valence-corrected chi connectivity index (χ0v) is 9.49. The van der Waals surface area contributed by atoms with Gasteiger partial charge in [-0.1, -0.05) is 0 Å². The number of carbonyl (C=O) groups is 2. The first kappa shape index (κ1) is 14.3. The van der Waals surface area contributed by atoms with E-state index in [1.807, 2.05) is 0 Å². The Morgan fingerprint density at radius 2 is 2.00 bits per heavy atom. The Labute approximate surface area is 94.2 Å². The first-order chi connectivity index (χ1) is 7.45. The SMILES string of the molecule is CC(=O)NN=C(C)CCC(=CC(=O)O)CN. The Balaban J connectivity index is 4.16. The van der Waals surface area contributed by atoms with Crippen molar-refractivity contribution >= 4 is 17.6 Å². The van der Waals surface area contributed by atoms with Crippen molar-refractivity contribution in [3.8, 4) is 0 Å². The van der Waals surface area contributed by atoms with Gasteiger partial charge >= 0.3 is 5.97 Å². The number of rotatable bonds is 6. The minimum Gasteiger partial charge on any atom is -0.478 e. The first-order valence-corrected chi connectivity index (χ1v) is 4.88. The molecule has 0 radical (unpaired) electrons. The molecule has 0 aliphatic rings. The number of carboxylic acids is 1. The van der Waals surface area contributed by atoms with E-state index in [1.54, 1.807) is 6.92 Å². The average molecular weight is 227 g/mol. The maximum Gasteiger partial charge on any atom is 0.328 e. The van der Waals surface area contributed by atoms with Gasteiger partial charge in [-0.2, -0.15) is 5.10 Å². The molecule has 0 rings (SSSR count). The highest BCUT2D eigenvalue weighted by molar-refractivity contribution is 5.84. The van der Waals surface area contributed by atoms with Crippen LogP contribution in [0.4, 0.5) is 0 Å². The quantitative estimate of drug-likeness (QED) is 0.343. The standard InChI is InChI=1S/C10H17N3O3/c1-7(12-13-8(2)14)3-4-9(6-11)5-10(15)16/h5H,3-4,6,11H2,1-2H3,(H,13,14)(H,15,16). The van der Waals surface area contributed by atoms with Crippen LogP contribution in [-0.4, -0.2) is 29.2 Å². The number of hydrogen-bond donors (Lipinski definition) is 3. The zero-order valence-electron chi connectivity index (χ0n) is 9.49. The van der Waals surface area contributed by atoms with Crippen LogP contribution in [0, 0.1) is 0 Å². The van der Waals surface area contributed by atoms with Gasteiger partial charge < -0.3 is 10.8 Å². The Hall–Kier alpha value is -1.69. The number of amides is 1. The zero-order chi connectivity index (χ0) is 12.6. The molecule has 0 fully saturated rings.